The van der Waals surface area contributed by atoms with Crippen molar-refractivity contribution in [2.45, 2.75) is 45.5 Å². The van der Waals surface area contributed by atoms with Gasteiger partial charge in [0.1, 0.15) is 18.4 Å². The maximum atomic E-state index is 12.3. The Morgan fingerprint density at radius 2 is 1.84 bits per heavy atom. The average molecular weight is 419 g/mol. The van der Waals surface area contributed by atoms with Gasteiger partial charge in [-0.1, -0.05) is 42.5 Å². The van der Waals surface area contributed by atoms with Gasteiger partial charge < -0.3 is 19.4 Å². The number of carbonyl (C=O) groups excluding carboxylic acids is 1. The lowest BCUT2D eigenvalue weighted by Crippen LogP contribution is -2.41. The zero-order chi connectivity index (χ0) is 22.5. The van der Waals surface area contributed by atoms with E-state index in [1.165, 1.54) is 0 Å². The van der Waals surface area contributed by atoms with E-state index in [9.17, 15) is 10.1 Å². The second-order valence-corrected chi connectivity index (χ2v) is 8.28. The summed E-state index contributed by atoms with van der Waals surface area (Å²) < 4.78 is 17.6. The molecule has 1 saturated heterocycles. The molecule has 7 nitrogen and oxygen atoms in total. The number of alkyl carbamates (subject to hydrolysis) is 1. The molecular formula is C23H26BN3O4. The second-order valence-electron chi connectivity index (χ2n) is 8.28. The van der Waals surface area contributed by atoms with E-state index in [0.29, 0.717) is 11.0 Å². The molecule has 1 aliphatic rings. The molecule has 0 radical (unpaired) electrons. The van der Waals surface area contributed by atoms with Gasteiger partial charge in [0.05, 0.1) is 11.2 Å². The highest BCUT2D eigenvalue weighted by molar-refractivity contribution is 6.56. The lowest BCUT2D eigenvalue weighted by Gasteiger charge is -2.32. The smallest absolute Gasteiger partial charge is 0.445 e. The number of ether oxygens (including phenoxy) is 1. The molecule has 160 valence electrons. The summed E-state index contributed by atoms with van der Waals surface area (Å²) in [5, 5.41) is 12.1. The Morgan fingerprint density at radius 3 is 2.48 bits per heavy atom. The lowest BCUT2D eigenvalue weighted by molar-refractivity contribution is 0.00578. The number of nitriles is 1. The van der Waals surface area contributed by atoms with Crippen molar-refractivity contribution in [3.8, 4) is 6.07 Å². The Bertz CT molecular complexity index is 983. The molecule has 1 aromatic carbocycles. The molecule has 1 aromatic heterocycles. The minimum absolute atomic E-state index is 0.129. The summed E-state index contributed by atoms with van der Waals surface area (Å²) >= 11 is 0. The number of benzene rings is 1. The Labute approximate surface area is 183 Å². The van der Waals surface area contributed by atoms with Crippen LogP contribution in [0.25, 0.3) is 6.08 Å². The number of carbonyl (C=O) groups is 1. The molecule has 1 amide bonds. The number of pyridine rings is 1. The molecule has 2 aromatic rings. The fourth-order valence-corrected chi connectivity index (χ4v) is 2.97. The molecule has 8 heteroatoms. The topological polar surface area (TPSA) is 93.5 Å². The van der Waals surface area contributed by atoms with Crippen molar-refractivity contribution < 1.29 is 18.8 Å². The third kappa shape index (κ3) is 5.51. The first kappa shape index (κ1) is 22.5. The van der Waals surface area contributed by atoms with Gasteiger partial charge in [0.25, 0.3) is 0 Å². The summed E-state index contributed by atoms with van der Waals surface area (Å²) in [6.07, 6.45) is 2.77. The van der Waals surface area contributed by atoms with Gasteiger partial charge in [-0.15, -0.1) is 0 Å². The van der Waals surface area contributed by atoms with Crippen LogP contribution >= 0.6 is 0 Å². The second kappa shape index (κ2) is 9.33. The highest BCUT2D eigenvalue weighted by atomic mass is 16.7. The molecule has 0 saturated carbocycles. The van der Waals surface area contributed by atoms with Crippen molar-refractivity contribution in [1.29, 1.82) is 5.26 Å². The van der Waals surface area contributed by atoms with Crippen LogP contribution in [0.3, 0.4) is 0 Å². The maximum absolute atomic E-state index is 12.3. The van der Waals surface area contributed by atoms with Crippen LogP contribution in [0.15, 0.2) is 54.1 Å². The Balaban J connectivity index is 1.76. The Morgan fingerprint density at radius 1 is 1.16 bits per heavy atom. The van der Waals surface area contributed by atoms with Gasteiger partial charge in [-0.25, -0.2) is 9.78 Å². The van der Waals surface area contributed by atoms with E-state index in [4.69, 9.17) is 14.0 Å². The first-order valence-electron chi connectivity index (χ1n) is 10.1. The Kier molecular flexibility index (Phi) is 6.79. The zero-order valence-corrected chi connectivity index (χ0v) is 18.2. The quantitative estimate of drug-likeness (QED) is 0.714. The van der Waals surface area contributed by atoms with Crippen molar-refractivity contribution in [2.24, 2.45) is 0 Å². The van der Waals surface area contributed by atoms with Gasteiger partial charge in [-0.2, -0.15) is 5.26 Å². The van der Waals surface area contributed by atoms with Crippen LogP contribution in [-0.4, -0.2) is 35.9 Å². The van der Waals surface area contributed by atoms with Crippen LogP contribution in [0.2, 0.25) is 0 Å². The number of hydrogen-bond acceptors (Lipinski definition) is 6. The molecule has 0 spiro atoms. The summed E-state index contributed by atoms with van der Waals surface area (Å²) in [4.78, 5) is 16.4. The number of hydrogen-bond donors (Lipinski definition) is 1. The fourth-order valence-electron chi connectivity index (χ4n) is 2.97. The van der Waals surface area contributed by atoms with Crippen LogP contribution in [0.5, 0.6) is 0 Å². The summed E-state index contributed by atoms with van der Waals surface area (Å²) in [5.41, 5.74) is 1.36. The van der Waals surface area contributed by atoms with Crippen LogP contribution < -0.4 is 5.32 Å². The van der Waals surface area contributed by atoms with E-state index < -0.39 is 24.4 Å². The zero-order valence-electron chi connectivity index (χ0n) is 18.2. The first-order valence-corrected chi connectivity index (χ1v) is 10.1. The third-order valence-corrected chi connectivity index (χ3v) is 5.49. The molecule has 0 bridgehead atoms. The van der Waals surface area contributed by atoms with Gasteiger partial charge in [0.2, 0.25) is 0 Å². The molecule has 0 unspecified atom stereocenters. The first-order chi connectivity index (χ1) is 14.7. The molecule has 0 atom stereocenters. The molecule has 1 N–H and O–H groups in total. The van der Waals surface area contributed by atoms with Crippen LogP contribution in [0.1, 0.15) is 44.5 Å². The number of nitrogens with zero attached hydrogens (tertiary/aromatic N) is 2. The van der Waals surface area contributed by atoms with E-state index in [1.807, 2.05) is 58.0 Å². The van der Waals surface area contributed by atoms with E-state index in [2.05, 4.69) is 16.4 Å². The van der Waals surface area contributed by atoms with E-state index >= 15 is 0 Å². The summed E-state index contributed by atoms with van der Waals surface area (Å²) in [5.74, 6) is 0. The van der Waals surface area contributed by atoms with E-state index in [-0.39, 0.29) is 18.8 Å². The summed E-state index contributed by atoms with van der Waals surface area (Å²) in [6, 6.07) is 15.0. The Hall–Kier alpha value is -3.15. The maximum Gasteiger partial charge on any atom is 0.492 e. The van der Waals surface area contributed by atoms with Crippen LogP contribution in [0.4, 0.5) is 4.79 Å². The van der Waals surface area contributed by atoms with Crippen molar-refractivity contribution in [2.75, 3.05) is 6.54 Å². The van der Waals surface area contributed by atoms with E-state index in [1.54, 1.807) is 24.4 Å². The van der Waals surface area contributed by atoms with Crippen molar-refractivity contribution in [3.05, 3.63) is 71.0 Å². The van der Waals surface area contributed by atoms with Crippen molar-refractivity contribution in [3.63, 3.8) is 0 Å². The summed E-state index contributed by atoms with van der Waals surface area (Å²) in [7, 11) is -0.689. The van der Waals surface area contributed by atoms with E-state index in [0.717, 1.165) is 5.56 Å². The van der Waals surface area contributed by atoms with Gasteiger partial charge in [0.15, 0.2) is 0 Å². The number of aromatic nitrogens is 1. The molecule has 1 aliphatic heterocycles. The highest BCUT2D eigenvalue weighted by Gasteiger charge is 2.52. The standard InChI is InChI=1S/C23H26BN3O4/c1-22(2)23(3,4)31-24(30-22)19(13-18-11-8-12-26-20(18)14-25)15-27-21(28)29-16-17-9-6-5-7-10-17/h5-13H,15-16H2,1-4H3,(H,27,28). The SMILES string of the molecule is CC1(C)OB(C(=Cc2cccnc2C#N)CNC(=O)OCc2ccccc2)OC1(C)C. The monoisotopic (exact) mass is 419 g/mol. The number of rotatable bonds is 6. The highest BCUT2D eigenvalue weighted by Crippen LogP contribution is 2.38. The lowest BCUT2D eigenvalue weighted by atomic mass is 9.77. The van der Waals surface area contributed by atoms with Crippen LogP contribution in [0, 0.1) is 11.3 Å². The molecular weight excluding hydrogens is 393 g/mol. The molecule has 0 aliphatic carbocycles. The fraction of sp³-hybridized carbons (Fsp3) is 0.348. The number of nitrogens with one attached hydrogen (secondary N) is 1. The molecule has 3 rings (SSSR count). The predicted octanol–water partition coefficient (Wildman–Crippen LogP) is 3.89. The van der Waals surface area contributed by atoms with Gasteiger partial charge in [-0.05, 0) is 44.8 Å². The third-order valence-electron chi connectivity index (χ3n) is 5.49. The van der Waals surface area contributed by atoms with Gasteiger partial charge in [-0.3, -0.25) is 0 Å². The normalized spacial score (nSPS) is 17.1. The number of amides is 1. The largest absolute Gasteiger partial charge is 0.492 e. The van der Waals surface area contributed by atoms with Crippen molar-refractivity contribution in [1.82, 2.24) is 10.3 Å². The van der Waals surface area contributed by atoms with Gasteiger partial charge >= 0.3 is 13.2 Å². The molecule has 31 heavy (non-hydrogen) atoms. The minimum atomic E-state index is -0.689. The average Bonchev–Trinajstić information content (AvgIpc) is 2.97. The van der Waals surface area contributed by atoms with Crippen molar-refractivity contribution >= 4 is 19.3 Å². The molecule has 2 heterocycles. The predicted molar refractivity (Wildman–Crippen MR) is 118 cm³/mol. The molecule has 1 fully saturated rings. The van der Waals surface area contributed by atoms with Crippen LogP contribution in [-0.2, 0) is 20.7 Å². The summed E-state index contributed by atoms with van der Waals surface area (Å²) in [6.45, 7) is 8.12. The van der Waals surface area contributed by atoms with Gasteiger partial charge in [0, 0.05) is 18.3 Å². The minimum Gasteiger partial charge on any atom is -0.445 e.